The number of carbonyl (C=O) groups is 1. The lowest BCUT2D eigenvalue weighted by molar-refractivity contribution is -0.123. The molecule has 1 heterocycles. The molecule has 4 nitrogen and oxygen atoms in total. The van der Waals surface area contributed by atoms with Crippen molar-refractivity contribution in [1.29, 1.82) is 0 Å². The van der Waals surface area contributed by atoms with Gasteiger partial charge in [-0.15, -0.1) is 0 Å². The van der Waals surface area contributed by atoms with E-state index in [2.05, 4.69) is 71.7 Å². The van der Waals surface area contributed by atoms with E-state index in [0.29, 0.717) is 5.92 Å². The van der Waals surface area contributed by atoms with Crippen LogP contribution in [-0.4, -0.2) is 30.4 Å². The van der Waals surface area contributed by atoms with Crippen LogP contribution >= 0.6 is 0 Å². The quantitative estimate of drug-likeness (QED) is 0.801. The molecule has 4 heteroatoms. The monoisotopic (exact) mass is 351 g/mol. The molecular weight excluding hydrogens is 322 g/mol. The Morgan fingerprint density at radius 1 is 1.15 bits per heavy atom. The lowest BCUT2D eigenvalue weighted by Crippen LogP contribution is -2.38. The Hall–Kier alpha value is -2.33. The molecule has 1 atom stereocenters. The molecule has 0 aliphatic carbocycles. The first-order valence-electron chi connectivity index (χ1n) is 9.51. The fourth-order valence-electron chi connectivity index (χ4n) is 3.58. The van der Waals surface area contributed by atoms with Crippen LogP contribution in [0.5, 0.6) is 0 Å². The number of anilines is 1. The summed E-state index contributed by atoms with van der Waals surface area (Å²) in [6, 6.07) is 19.2. The molecule has 1 unspecified atom stereocenters. The lowest BCUT2D eigenvalue weighted by atomic mass is 9.96. The van der Waals surface area contributed by atoms with Gasteiger partial charge in [-0.05, 0) is 55.1 Å². The molecule has 1 fully saturated rings. The molecule has 26 heavy (non-hydrogen) atoms. The third-order valence-electron chi connectivity index (χ3n) is 5.30. The van der Waals surface area contributed by atoms with Gasteiger partial charge in [-0.2, -0.15) is 0 Å². The van der Waals surface area contributed by atoms with Crippen LogP contribution in [0.25, 0.3) is 0 Å². The third-order valence-corrected chi connectivity index (χ3v) is 5.30. The first-order valence-corrected chi connectivity index (χ1v) is 9.51. The van der Waals surface area contributed by atoms with Crippen LogP contribution in [0.15, 0.2) is 54.6 Å². The third kappa shape index (κ3) is 5.09. The molecule has 0 saturated carbocycles. The van der Waals surface area contributed by atoms with E-state index >= 15 is 0 Å². The summed E-state index contributed by atoms with van der Waals surface area (Å²) < 4.78 is 0. The molecule has 1 aliphatic heterocycles. The number of piperidine rings is 1. The van der Waals surface area contributed by atoms with Gasteiger partial charge in [-0.3, -0.25) is 9.69 Å². The summed E-state index contributed by atoms with van der Waals surface area (Å²) in [4.78, 5) is 13.7. The van der Waals surface area contributed by atoms with Crippen LogP contribution in [0.4, 0.5) is 5.69 Å². The van der Waals surface area contributed by atoms with Crippen LogP contribution in [-0.2, 0) is 11.3 Å². The summed E-state index contributed by atoms with van der Waals surface area (Å²) >= 11 is 0. The van der Waals surface area contributed by atoms with Crippen molar-refractivity contribution < 1.29 is 4.79 Å². The van der Waals surface area contributed by atoms with Crippen molar-refractivity contribution in [3.8, 4) is 0 Å². The van der Waals surface area contributed by atoms with E-state index in [0.717, 1.165) is 44.7 Å². The summed E-state index contributed by atoms with van der Waals surface area (Å²) in [6.45, 7) is 5.97. The van der Waals surface area contributed by atoms with Crippen LogP contribution in [0.2, 0.25) is 0 Å². The Morgan fingerprint density at radius 2 is 1.88 bits per heavy atom. The van der Waals surface area contributed by atoms with Gasteiger partial charge in [0.05, 0.1) is 0 Å². The van der Waals surface area contributed by atoms with Crippen molar-refractivity contribution in [2.45, 2.75) is 32.2 Å². The molecular formula is C22H29N3O. The average molecular weight is 351 g/mol. The Labute approximate surface area is 156 Å². The van der Waals surface area contributed by atoms with E-state index in [1.165, 1.54) is 11.1 Å². The minimum Gasteiger partial charge on any atom is -0.384 e. The van der Waals surface area contributed by atoms with Gasteiger partial charge in [-0.1, -0.05) is 49.4 Å². The van der Waals surface area contributed by atoms with Crippen LogP contribution in [0.1, 0.15) is 36.8 Å². The number of likely N-dealkylation sites (tertiary alicyclic amines) is 1. The highest BCUT2D eigenvalue weighted by atomic mass is 16.1. The highest BCUT2D eigenvalue weighted by Crippen LogP contribution is 2.21. The molecule has 0 aromatic heterocycles. The van der Waals surface area contributed by atoms with Gasteiger partial charge < -0.3 is 11.1 Å². The van der Waals surface area contributed by atoms with Crippen LogP contribution < -0.4 is 11.1 Å². The van der Waals surface area contributed by atoms with E-state index in [9.17, 15) is 4.79 Å². The Balaban J connectivity index is 1.51. The maximum Gasteiger partial charge on any atom is 0.220 e. The zero-order chi connectivity index (χ0) is 18.4. The summed E-state index contributed by atoms with van der Waals surface area (Å²) in [5.41, 5.74) is 9.24. The molecule has 0 radical (unpaired) electrons. The number of primary amides is 1. The number of benzene rings is 2. The molecule has 0 bridgehead atoms. The van der Waals surface area contributed by atoms with E-state index in [1.54, 1.807) is 0 Å². The number of amides is 1. The number of nitrogens with zero attached hydrogens (tertiary/aromatic N) is 1. The first-order chi connectivity index (χ1) is 12.6. The standard InChI is InChI=1S/C22H29N3O/c1-17(19-7-3-2-4-8-19)15-24-21-9-5-6-18(14-21)16-25-12-10-20(11-13-25)22(23)26/h2-9,14,17,20,24H,10-13,15-16H2,1H3,(H2,23,26). The van der Waals surface area contributed by atoms with Gasteiger partial charge in [0.15, 0.2) is 0 Å². The van der Waals surface area contributed by atoms with Crippen molar-refractivity contribution >= 4 is 11.6 Å². The van der Waals surface area contributed by atoms with Gasteiger partial charge in [0.2, 0.25) is 5.91 Å². The average Bonchev–Trinajstić information content (AvgIpc) is 2.67. The Morgan fingerprint density at radius 3 is 2.58 bits per heavy atom. The maximum atomic E-state index is 11.3. The van der Waals surface area contributed by atoms with Crippen molar-refractivity contribution in [2.24, 2.45) is 11.7 Å². The number of hydrogen-bond donors (Lipinski definition) is 2. The second-order valence-electron chi connectivity index (χ2n) is 7.35. The van der Waals surface area contributed by atoms with Gasteiger partial charge in [0.1, 0.15) is 0 Å². The zero-order valence-electron chi connectivity index (χ0n) is 15.5. The van der Waals surface area contributed by atoms with E-state index in [4.69, 9.17) is 5.73 Å². The van der Waals surface area contributed by atoms with Crippen molar-refractivity contribution in [2.75, 3.05) is 25.0 Å². The summed E-state index contributed by atoms with van der Waals surface area (Å²) in [5, 5.41) is 3.56. The number of rotatable bonds is 7. The Bertz CT molecular complexity index is 708. The summed E-state index contributed by atoms with van der Waals surface area (Å²) in [6.07, 6.45) is 1.75. The maximum absolute atomic E-state index is 11.3. The van der Waals surface area contributed by atoms with E-state index in [1.807, 2.05) is 0 Å². The fraction of sp³-hybridized carbons (Fsp3) is 0.409. The predicted molar refractivity (Wildman–Crippen MR) is 107 cm³/mol. The highest BCUT2D eigenvalue weighted by molar-refractivity contribution is 5.76. The van der Waals surface area contributed by atoms with Gasteiger partial charge >= 0.3 is 0 Å². The summed E-state index contributed by atoms with van der Waals surface area (Å²) in [7, 11) is 0. The summed E-state index contributed by atoms with van der Waals surface area (Å²) in [5.74, 6) is 0.370. The number of nitrogens with one attached hydrogen (secondary N) is 1. The van der Waals surface area contributed by atoms with Crippen LogP contribution in [0, 0.1) is 5.92 Å². The number of hydrogen-bond acceptors (Lipinski definition) is 3. The van der Waals surface area contributed by atoms with E-state index < -0.39 is 0 Å². The molecule has 3 rings (SSSR count). The Kier molecular flexibility index (Phi) is 6.29. The molecule has 1 saturated heterocycles. The van der Waals surface area contributed by atoms with Crippen LogP contribution in [0.3, 0.4) is 0 Å². The minimum absolute atomic E-state index is 0.0544. The minimum atomic E-state index is -0.150. The molecule has 1 aliphatic rings. The zero-order valence-corrected chi connectivity index (χ0v) is 15.5. The first kappa shape index (κ1) is 18.5. The molecule has 138 valence electrons. The van der Waals surface area contributed by atoms with E-state index in [-0.39, 0.29) is 11.8 Å². The normalized spacial score (nSPS) is 17.0. The smallest absolute Gasteiger partial charge is 0.220 e. The molecule has 2 aromatic carbocycles. The topological polar surface area (TPSA) is 58.4 Å². The van der Waals surface area contributed by atoms with Crippen molar-refractivity contribution in [1.82, 2.24) is 4.90 Å². The SMILES string of the molecule is CC(CNc1cccc(CN2CCC(C(N)=O)CC2)c1)c1ccccc1. The largest absolute Gasteiger partial charge is 0.384 e. The molecule has 2 aromatic rings. The predicted octanol–water partition coefficient (Wildman–Crippen LogP) is 3.60. The van der Waals surface area contributed by atoms with Crippen molar-refractivity contribution in [3.05, 3.63) is 65.7 Å². The molecule has 3 N–H and O–H groups in total. The van der Waals surface area contributed by atoms with Gasteiger partial charge in [-0.25, -0.2) is 0 Å². The lowest BCUT2D eigenvalue weighted by Gasteiger charge is -2.30. The molecule has 1 amide bonds. The van der Waals surface area contributed by atoms with Gasteiger partial charge in [0, 0.05) is 24.7 Å². The fourth-order valence-corrected chi connectivity index (χ4v) is 3.58. The number of carbonyl (C=O) groups excluding carboxylic acids is 1. The second kappa shape index (κ2) is 8.86. The molecule has 0 spiro atoms. The van der Waals surface area contributed by atoms with Gasteiger partial charge in [0.25, 0.3) is 0 Å². The number of nitrogens with two attached hydrogens (primary N) is 1. The second-order valence-corrected chi connectivity index (χ2v) is 7.35. The highest BCUT2D eigenvalue weighted by Gasteiger charge is 2.22. The van der Waals surface area contributed by atoms with Crippen molar-refractivity contribution in [3.63, 3.8) is 0 Å².